The van der Waals surface area contributed by atoms with Gasteiger partial charge in [-0.25, -0.2) is 5.01 Å². The predicted octanol–water partition coefficient (Wildman–Crippen LogP) is 3.25. The summed E-state index contributed by atoms with van der Waals surface area (Å²) in [5.74, 6) is 1.08. The summed E-state index contributed by atoms with van der Waals surface area (Å²) in [7, 11) is 0. The zero-order valence-corrected chi connectivity index (χ0v) is 16.0. The largest absolute Gasteiger partial charge is 0.494 e. The Morgan fingerprint density at radius 3 is 2.86 bits per heavy atom. The number of amides is 1. The molecule has 1 N–H and O–H groups in total. The van der Waals surface area contributed by atoms with E-state index >= 15 is 0 Å². The van der Waals surface area contributed by atoms with Gasteiger partial charge in [0.1, 0.15) is 5.75 Å². The summed E-state index contributed by atoms with van der Waals surface area (Å²) in [5.41, 5.74) is 2.81. The van der Waals surface area contributed by atoms with Crippen LogP contribution in [0.2, 0.25) is 0 Å². The van der Waals surface area contributed by atoms with Crippen molar-refractivity contribution < 1.29 is 19.2 Å². The van der Waals surface area contributed by atoms with Crippen LogP contribution in [0.3, 0.4) is 0 Å². The smallest absolute Gasteiger partial charge is 0.280 e. The summed E-state index contributed by atoms with van der Waals surface area (Å²) in [5, 5.41) is 13.0. The van der Waals surface area contributed by atoms with Gasteiger partial charge in [0.2, 0.25) is 5.91 Å². The molecule has 1 aliphatic heterocycles. The summed E-state index contributed by atoms with van der Waals surface area (Å²) >= 11 is 0. The molecule has 0 spiro atoms. The number of aldehydes is 1. The number of piperidine rings is 1. The van der Waals surface area contributed by atoms with E-state index in [1.807, 2.05) is 0 Å². The highest BCUT2D eigenvalue weighted by atomic mass is 16.6. The van der Waals surface area contributed by atoms with Crippen molar-refractivity contribution in [2.45, 2.75) is 57.4 Å². The molecule has 0 bridgehead atoms. The molecule has 1 amide bonds. The Labute approximate surface area is 164 Å². The van der Waals surface area contributed by atoms with Gasteiger partial charge in [-0.05, 0) is 50.2 Å². The normalized spacial score (nSPS) is 22.1. The third-order valence-corrected chi connectivity index (χ3v) is 5.65. The van der Waals surface area contributed by atoms with Crippen LogP contribution in [0.4, 0.5) is 5.69 Å². The van der Waals surface area contributed by atoms with Crippen LogP contribution in [0.15, 0.2) is 18.2 Å². The van der Waals surface area contributed by atoms with Gasteiger partial charge in [-0.15, -0.1) is 0 Å². The molecule has 2 atom stereocenters. The van der Waals surface area contributed by atoms with E-state index in [9.17, 15) is 19.7 Å². The lowest BCUT2D eigenvalue weighted by Gasteiger charge is -2.43. The Hall–Kier alpha value is -2.48. The van der Waals surface area contributed by atoms with E-state index in [4.69, 9.17) is 4.74 Å². The van der Waals surface area contributed by atoms with E-state index in [0.717, 1.165) is 19.4 Å². The van der Waals surface area contributed by atoms with Crippen LogP contribution in [0.25, 0.3) is 0 Å². The van der Waals surface area contributed by atoms with E-state index in [2.05, 4.69) is 10.4 Å². The third-order valence-electron chi connectivity index (χ3n) is 5.65. The first kappa shape index (κ1) is 20.3. The summed E-state index contributed by atoms with van der Waals surface area (Å²) in [4.78, 5) is 33.5. The quantitative estimate of drug-likeness (QED) is 0.317. The number of hydrogen-bond acceptors (Lipinski definition) is 6. The Kier molecular flexibility index (Phi) is 6.97. The fourth-order valence-electron chi connectivity index (χ4n) is 4.29. The number of fused-ring (bicyclic) bond motifs is 1. The average molecular weight is 389 g/mol. The lowest BCUT2D eigenvalue weighted by molar-refractivity contribution is -0.385. The van der Waals surface area contributed by atoms with Gasteiger partial charge in [0.25, 0.3) is 5.69 Å². The first-order chi connectivity index (χ1) is 13.6. The highest BCUT2D eigenvalue weighted by molar-refractivity contribution is 5.82. The van der Waals surface area contributed by atoms with Gasteiger partial charge in [-0.2, -0.15) is 0 Å². The molecule has 0 aromatic heterocycles. The maximum atomic E-state index is 12.3. The second-order valence-corrected chi connectivity index (χ2v) is 7.53. The monoisotopic (exact) mass is 389 g/mol. The molecule has 3 rings (SSSR count). The van der Waals surface area contributed by atoms with Crippen molar-refractivity contribution in [3.05, 3.63) is 33.9 Å². The number of rotatable bonds is 8. The summed E-state index contributed by atoms with van der Waals surface area (Å²) < 4.78 is 5.53. The summed E-state index contributed by atoms with van der Waals surface area (Å²) in [6.07, 6.45) is 8.68. The second-order valence-electron chi connectivity index (χ2n) is 7.53. The van der Waals surface area contributed by atoms with Crippen molar-refractivity contribution in [3.8, 4) is 5.75 Å². The van der Waals surface area contributed by atoms with Gasteiger partial charge >= 0.3 is 0 Å². The first-order valence-electron chi connectivity index (χ1n) is 10.0. The van der Waals surface area contributed by atoms with Crippen LogP contribution in [-0.2, 0) is 4.79 Å². The zero-order chi connectivity index (χ0) is 19.9. The van der Waals surface area contributed by atoms with E-state index in [0.29, 0.717) is 43.4 Å². The molecule has 1 aromatic carbocycles. The van der Waals surface area contributed by atoms with E-state index in [1.165, 1.54) is 43.9 Å². The van der Waals surface area contributed by atoms with Crippen LogP contribution < -0.4 is 10.2 Å². The molecule has 1 saturated heterocycles. The predicted molar refractivity (Wildman–Crippen MR) is 103 cm³/mol. The number of hydrogen-bond donors (Lipinski definition) is 1. The molecule has 28 heavy (non-hydrogen) atoms. The van der Waals surface area contributed by atoms with Crippen molar-refractivity contribution in [1.82, 2.24) is 10.4 Å². The Bertz CT molecular complexity index is 722. The molecule has 2 aliphatic rings. The molecule has 1 saturated carbocycles. The van der Waals surface area contributed by atoms with Gasteiger partial charge in [-0.1, -0.05) is 12.8 Å². The molecular formula is C20H27N3O5. The van der Waals surface area contributed by atoms with Crippen molar-refractivity contribution in [2.75, 3.05) is 13.2 Å². The average Bonchev–Trinajstić information content (AvgIpc) is 2.71. The molecule has 0 radical (unpaired) electrons. The third kappa shape index (κ3) is 5.07. The van der Waals surface area contributed by atoms with Crippen LogP contribution in [0, 0.1) is 16.0 Å². The van der Waals surface area contributed by atoms with E-state index in [-0.39, 0.29) is 17.2 Å². The molecule has 8 nitrogen and oxygen atoms in total. The number of ether oxygens (including phenoxy) is 1. The van der Waals surface area contributed by atoms with Crippen LogP contribution in [0.1, 0.15) is 61.7 Å². The number of carbonyl (C=O) groups excluding carboxylic acids is 2. The van der Waals surface area contributed by atoms with Crippen molar-refractivity contribution in [2.24, 2.45) is 5.92 Å². The molecular weight excluding hydrogens is 362 g/mol. The minimum Gasteiger partial charge on any atom is -0.494 e. The molecule has 1 heterocycles. The lowest BCUT2D eigenvalue weighted by atomic mass is 9.79. The number of nitro benzene ring substituents is 1. The lowest BCUT2D eigenvalue weighted by Crippen LogP contribution is -2.55. The van der Waals surface area contributed by atoms with Gasteiger partial charge in [0, 0.05) is 25.1 Å². The SMILES string of the molecule is O=Cc1cc(OCCCC(=O)NN2CCCC3CCCCC32)ccc1[N+](=O)[O-]. The number of nitro groups is 1. The van der Waals surface area contributed by atoms with Crippen LogP contribution in [0.5, 0.6) is 5.75 Å². The molecule has 152 valence electrons. The van der Waals surface area contributed by atoms with Gasteiger partial charge in [0.05, 0.1) is 17.1 Å². The highest BCUT2D eigenvalue weighted by Crippen LogP contribution is 2.34. The Morgan fingerprint density at radius 2 is 2.07 bits per heavy atom. The number of carbonyl (C=O) groups is 2. The molecule has 1 aromatic rings. The number of benzene rings is 1. The molecule has 2 fully saturated rings. The van der Waals surface area contributed by atoms with E-state index in [1.54, 1.807) is 0 Å². The zero-order valence-electron chi connectivity index (χ0n) is 16.0. The summed E-state index contributed by atoms with van der Waals surface area (Å²) in [6.45, 7) is 1.22. The van der Waals surface area contributed by atoms with Gasteiger partial charge in [0.15, 0.2) is 6.29 Å². The number of nitrogens with zero attached hydrogens (tertiary/aromatic N) is 2. The molecule has 1 aliphatic carbocycles. The summed E-state index contributed by atoms with van der Waals surface area (Å²) in [6, 6.07) is 4.54. The van der Waals surface area contributed by atoms with Gasteiger partial charge in [-0.3, -0.25) is 25.1 Å². The Balaban J connectivity index is 1.42. The molecule has 2 unspecified atom stereocenters. The first-order valence-corrected chi connectivity index (χ1v) is 10.0. The minimum atomic E-state index is -0.602. The van der Waals surface area contributed by atoms with Crippen LogP contribution in [-0.4, -0.2) is 41.3 Å². The fraction of sp³-hybridized carbons (Fsp3) is 0.600. The fourth-order valence-corrected chi connectivity index (χ4v) is 4.29. The molecule has 8 heteroatoms. The van der Waals surface area contributed by atoms with Crippen molar-refractivity contribution >= 4 is 17.9 Å². The number of hydrazine groups is 1. The standard InChI is InChI=1S/C20H27N3O5/c24-14-16-13-17(9-10-19(16)23(26)27)28-12-4-8-20(25)21-22-11-3-6-15-5-1-2-7-18(15)22/h9-10,13-15,18H,1-8,11-12H2,(H,21,25). The Morgan fingerprint density at radius 1 is 1.29 bits per heavy atom. The maximum absolute atomic E-state index is 12.3. The number of nitrogens with one attached hydrogen (secondary N) is 1. The van der Waals surface area contributed by atoms with Crippen LogP contribution >= 0.6 is 0 Å². The van der Waals surface area contributed by atoms with Crippen molar-refractivity contribution in [3.63, 3.8) is 0 Å². The topological polar surface area (TPSA) is 102 Å². The maximum Gasteiger partial charge on any atom is 0.280 e. The second kappa shape index (κ2) is 9.64. The van der Waals surface area contributed by atoms with E-state index < -0.39 is 4.92 Å². The minimum absolute atomic E-state index is 0.00731. The highest BCUT2D eigenvalue weighted by Gasteiger charge is 2.33. The van der Waals surface area contributed by atoms with Crippen molar-refractivity contribution in [1.29, 1.82) is 0 Å². The van der Waals surface area contributed by atoms with Gasteiger partial charge < -0.3 is 4.74 Å².